The molecule has 4 nitrogen and oxygen atoms in total. The number of benzene rings is 10. The number of oxazole rings is 1. The maximum absolute atomic E-state index is 6.69. The highest BCUT2D eigenvalue weighted by atomic mass is 16.3. The molecule has 0 radical (unpaired) electrons. The van der Waals surface area contributed by atoms with Gasteiger partial charge in [0, 0.05) is 38.5 Å². The molecule has 0 unspecified atom stereocenters. The Balaban J connectivity index is 1.19. The van der Waals surface area contributed by atoms with Crippen molar-refractivity contribution in [3.05, 3.63) is 212 Å². The molecule has 0 saturated carbocycles. The summed E-state index contributed by atoms with van der Waals surface area (Å²) < 4.78 is 9.11. The molecule has 12 aromatic rings. The van der Waals surface area contributed by atoms with E-state index in [0.717, 1.165) is 77.4 Å². The second-order valence-corrected chi connectivity index (χ2v) is 15.1. The summed E-state index contributed by atoms with van der Waals surface area (Å²) in [6, 6.07) is 75.9. The quantitative estimate of drug-likeness (QED) is 0.159. The van der Waals surface area contributed by atoms with E-state index in [0.29, 0.717) is 5.89 Å². The third kappa shape index (κ3) is 5.27. The molecule has 0 spiro atoms. The van der Waals surface area contributed by atoms with Crippen molar-refractivity contribution in [2.75, 3.05) is 4.90 Å². The van der Waals surface area contributed by atoms with E-state index in [1.54, 1.807) is 0 Å². The molecule has 59 heavy (non-hydrogen) atoms. The number of rotatable bonds is 6. The molecule has 10 aromatic carbocycles. The Morgan fingerprint density at radius 3 is 1.90 bits per heavy atom. The average molecular weight is 754 g/mol. The second kappa shape index (κ2) is 13.3. The van der Waals surface area contributed by atoms with E-state index in [9.17, 15) is 0 Å². The Labute approximate surface area is 340 Å². The van der Waals surface area contributed by atoms with Crippen LogP contribution >= 0.6 is 0 Å². The number of hydrogen-bond acceptors (Lipinski definition) is 3. The van der Waals surface area contributed by atoms with Gasteiger partial charge in [-0.1, -0.05) is 152 Å². The lowest BCUT2D eigenvalue weighted by Crippen LogP contribution is -2.12. The Morgan fingerprint density at radius 1 is 0.441 bits per heavy atom. The molecule has 276 valence electrons. The van der Waals surface area contributed by atoms with E-state index in [1.165, 1.54) is 27.3 Å². The van der Waals surface area contributed by atoms with E-state index < -0.39 is 0 Å². The molecule has 0 N–H and O–H groups in total. The highest BCUT2D eigenvalue weighted by Gasteiger charge is 2.24. The average Bonchev–Trinajstić information content (AvgIpc) is 3.90. The maximum Gasteiger partial charge on any atom is 0.227 e. The van der Waals surface area contributed by atoms with Crippen LogP contribution in [0.3, 0.4) is 0 Å². The van der Waals surface area contributed by atoms with Crippen molar-refractivity contribution in [3.63, 3.8) is 0 Å². The van der Waals surface area contributed by atoms with E-state index in [-0.39, 0.29) is 0 Å². The number of fused-ring (bicyclic) bond motifs is 9. The van der Waals surface area contributed by atoms with Gasteiger partial charge in [-0.3, -0.25) is 0 Å². The van der Waals surface area contributed by atoms with Crippen LogP contribution in [0.25, 0.3) is 93.5 Å². The standard InChI is InChI=1S/C55H35N3O/c1-4-15-36(16-5-1)42-22-12-24-44-43(42)23-13-27-49(44)57(51-28-14-25-46-45-21-10-11-26-50(45)58(53(46)51)40-19-8-3-9-20-40)41-33-31-37-29-30-38-32-34-48-54(52(38)47(37)35-41)59-55(56-48)39-17-6-2-7-18-39/h1-35H. The van der Waals surface area contributed by atoms with Crippen molar-refractivity contribution >= 4 is 82.3 Å². The Bertz CT molecular complexity index is 3550. The van der Waals surface area contributed by atoms with E-state index in [4.69, 9.17) is 9.40 Å². The molecule has 4 heteroatoms. The number of anilines is 3. The minimum atomic E-state index is 0.619. The van der Waals surface area contributed by atoms with Gasteiger partial charge < -0.3 is 13.9 Å². The van der Waals surface area contributed by atoms with Gasteiger partial charge in [-0.25, -0.2) is 4.98 Å². The SMILES string of the molecule is c1ccc(-c2nc3ccc4ccc5ccc(N(c6cccc7c(-c8ccccc8)cccc67)c6cccc7c8ccccc8n(-c8ccccc8)c67)cc5c4c3o2)cc1. The number of para-hydroxylation sites is 3. The highest BCUT2D eigenvalue weighted by molar-refractivity contribution is 6.20. The molecule has 2 aromatic heterocycles. The van der Waals surface area contributed by atoms with Gasteiger partial charge in [-0.2, -0.15) is 0 Å². The molecule has 0 atom stereocenters. The van der Waals surface area contributed by atoms with Crippen LogP contribution in [0, 0.1) is 0 Å². The first-order valence-corrected chi connectivity index (χ1v) is 20.0. The normalized spacial score (nSPS) is 11.7. The topological polar surface area (TPSA) is 34.2 Å². The Hall–Kier alpha value is -7.95. The number of nitrogens with zero attached hydrogens (tertiary/aromatic N) is 3. The van der Waals surface area contributed by atoms with E-state index in [1.807, 2.05) is 30.3 Å². The van der Waals surface area contributed by atoms with Gasteiger partial charge in [-0.05, 0) is 93.3 Å². The molecule has 12 rings (SSSR count). The van der Waals surface area contributed by atoms with Crippen molar-refractivity contribution < 1.29 is 4.42 Å². The molecular weight excluding hydrogens is 719 g/mol. The summed E-state index contributed by atoms with van der Waals surface area (Å²) >= 11 is 0. The maximum atomic E-state index is 6.69. The summed E-state index contributed by atoms with van der Waals surface area (Å²) in [5.74, 6) is 0.619. The summed E-state index contributed by atoms with van der Waals surface area (Å²) in [6.45, 7) is 0. The minimum Gasteiger partial charge on any atom is -0.435 e. The van der Waals surface area contributed by atoms with Gasteiger partial charge in [0.25, 0.3) is 0 Å². The lowest BCUT2D eigenvalue weighted by molar-refractivity contribution is 0.623. The van der Waals surface area contributed by atoms with Crippen molar-refractivity contribution in [2.24, 2.45) is 0 Å². The van der Waals surface area contributed by atoms with Crippen LogP contribution in [0.5, 0.6) is 0 Å². The fourth-order valence-corrected chi connectivity index (χ4v) is 9.14. The highest BCUT2D eigenvalue weighted by Crippen LogP contribution is 2.47. The summed E-state index contributed by atoms with van der Waals surface area (Å²) in [7, 11) is 0. The van der Waals surface area contributed by atoms with Crippen LogP contribution in [0.4, 0.5) is 17.1 Å². The molecule has 0 fully saturated rings. The van der Waals surface area contributed by atoms with Gasteiger partial charge in [0.1, 0.15) is 5.52 Å². The molecule has 0 saturated heterocycles. The Kier molecular flexibility index (Phi) is 7.50. The molecular formula is C55H35N3O. The smallest absolute Gasteiger partial charge is 0.227 e. The zero-order valence-corrected chi connectivity index (χ0v) is 32.0. The van der Waals surface area contributed by atoms with E-state index >= 15 is 0 Å². The molecule has 0 aliphatic heterocycles. The van der Waals surface area contributed by atoms with E-state index in [2.05, 4.69) is 191 Å². The fraction of sp³-hybridized carbons (Fsp3) is 0. The molecule has 0 aliphatic carbocycles. The summed E-state index contributed by atoms with van der Waals surface area (Å²) in [5.41, 5.74) is 11.6. The largest absolute Gasteiger partial charge is 0.435 e. The first-order chi connectivity index (χ1) is 29.3. The van der Waals surface area contributed by atoms with Gasteiger partial charge in [-0.15, -0.1) is 0 Å². The van der Waals surface area contributed by atoms with Crippen LogP contribution < -0.4 is 4.90 Å². The lowest BCUT2D eigenvalue weighted by atomic mass is 9.96. The molecule has 0 aliphatic rings. The molecule has 2 heterocycles. The third-order valence-corrected chi connectivity index (χ3v) is 11.8. The third-order valence-electron chi connectivity index (χ3n) is 11.8. The minimum absolute atomic E-state index is 0.619. The van der Waals surface area contributed by atoms with Gasteiger partial charge in [0.2, 0.25) is 5.89 Å². The van der Waals surface area contributed by atoms with Crippen LogP contribution in [-0.2, 0) is 0 Å². The predicted molar refractivity (Wildman–Crippen MR) is 246 cm³/mol. The summed E-state index contributed by atoms with van der Waals surface area (Å²) in [5, 5.41) is 9.16. The first-order valence-electron chi connectivity index (χ1n) is 20.0. The zero-order valence-electron chi connectivity index (χ0n) is 32.0. The summed E-state index contributed by atoms with van der Waals surface area (Å²) in [6.07, 6.45) is 0. The number of hydrogen-bond donors (Lipinski definition) is 0. The summed E-state index contributed by atoms with van der Waals surface area (Å²) in [4.78, 5) is 7.44. The van der Waals surface area contributed by atoms with Crippen molar-refractivity contribution in [2.45, 2.75) is 0 Å². The number of aromatic nitrogens is 2. The van der Waals surface area contributed by atoms with Gasteiger partial charge >= 0.3 is 0 Å². The lowest BCUT2D eigenvalue weighted by Gasteiger charge is -2.29. The van der Waals surface area contributed by atoms with Gasteiger partial charge in [0.15, 0.2) is 5.58 Å². The fourth-order valence-electron chi connectivity index (χ4n) is 9.14. The zero-order chi connectivity index (χ0) is 38.9. The predicted octanol–water partition coefficient (Wildman–Crippen LogP) is 15.2. The van der Waals surface area contributed by atoms with Crippen molar-refractivity contribution in [3.8, 4) is 28.3 Å². The second-order valence-electron chi connectivity index (χ2n) is 15.1. The molecule has 0 amide bonds. The van der Waals surface area contributed by atoms with Gasteiger partial charge in [0.05, 0.1) is 22.4 Å². The monoisotopic (exact) mass is 753 g/mol. The molecule has 0 bridgehead atoms. The van der Waals surface area contributed by atoms with Crippen LogP contribution in [0.2, 0.25) is 0 Å². The van der Waals surface area contributed by atoms with Crippen LogP contribution in [0.1, 0.15) is 0 Å². The van der Waals surface area contributed by atoms with Crippen molar-refractivity contribution in [1.82, 2.24) is 9.55 Å². The Morgan fingerprint density at radius 2 is 1.07 bits per heavy atom. The van der Waals surface area contributed by atoms with Crippen LogP contribution in [-0.4, -0.2) is 9.55 Å². The first kappa shape index (κ1) is 33.2. The van der Waals surface area contributed by atoms with Crippen molar-refractivity contribution in [1.29, 1.82) is 0 Å². The van der Waals surface area contributed by atoms with Crippen LogP contribution in [0.15, 0.2) is 217 Å².